The fraction of sp³-hybridized carbons (Fsp3) is 0.611. The summed E-state index contributed by atoms with van der Waals surface area (Å²) >= 11 is 0. The Morgan fingerprint density at radius 2 is 1.82 bits per heavy atom. The molecule has 4 fully saturated rings. The van der Waals surface area contributed by atoms with Gasteiger partial charge in [0.1, 0.15) is 12.1 Å². The van der Waals surface area contributed by atoms with E-state index in [1.807, 2.05) is 30.3 Å². The Morgan fingerprint density at radius 3 is 2.41 bits per heavy atom. The van der Waals surface area contributed by atoms with E-state index in [0.29, 0.717) is 18.8 Å². The summed E-state index contributed by atoms with van der Waals surface area (Å²) in [6.07, 6.45) is 4.09. The topological polar surface area (TPSA) is 72.6 Å². The van der Waals surface area contributed by atoms with Crippen molar-refractivity contribution in [3.63, 3.8) is 0 Å². The summed E-state index contributed by atoms with van der Waals surface area (Å²) in [5.41, 5.74) is 6.06. The van der Waals surface area contributed by atoms with E-state index in [4.69, 9.17) is 10.5 Å². The first kappa shape index (κ1) is 14.2. The molecule has 4 aliphatic carbocycles. The number of aliphatic hydroxyl groups is 1. The maximum atomic E-state index is 12.7. The van der Waals surface area contributed by atoms with Crippen molar-refractivity contribution in [2.24, 2.45) is 23.5 Å². The van der Waals surface area contributed by atoms with Crippen LogP contribution in [0.25, 0.3) is 0 Å². The minimum Gasteiger partial charge on any atom is -0.459 e. The molecule has 118 valence electrons. The lowest BCUT2D eigenvalue weighted by Crippen LogP contribution is -2.71. The van der Waals surface area contributed by atoms with Crippen LogP contribution >= 0.6 is 0 Å². The van der Waals surface area contributed by atoms with Gasteiger partial charge >= 0.3 is 5.97 Å². The van der Waals surface area contributed by atoms with Crippen LogP contribution in [0.1, 0.15) is 37.7 Å². The summed E-state index contributed by atoms with van der Waals surface area (Å²) in [6.45, 7) is 0.270. The van der Waals surface area contributed by atoms with Gasteiger partial charge in [-0.05, 0) is 55.4 Å². The predicted molar refractivity (Wildman–Crippen MR) is 81.7 cm³/mol. The van der Waals surface area contributed by atoms with Crippen LogP contribution < -0.4 is 5.73 Å². The molecule has 0 aliphatic heterocycles. The number of ether oxygens (including phenoxy) is 1. The number of esters is 1. The van der Waals surface area contributed by atoms with Crippen molar-refractivity contribution in [1.82, 2.24) is 0 Å². The zero-order valence-corrected chi connectivity index (χ0v) is 12.7. The molecule has 0 aromatic heterocycles. The van der Waals surface area contributed by atoms with Crippen molar-refractivity contribution in [2.75, 3.05) is 0 Å². The fourth-order valence-electron chi connectivity index (χ4n) is 5.18. The Kier molecular flexibility index (Phi) is 3.10. The Hall–Kier alpha value is -1.39. The Labute approximate surface area is 130 Å². The number of hydrogen-bond acceptors (Lipinski definition) is 4. The molecule has 0 spiro atoms. The molecular formula is C18H23NO3. The molecule has 5 rings (SSSR count). The average Bonchev–Trinajstić information content (AvgIpc) is 2.49. The molecule has 4 saturated carbocycles. The third-order valence-corrected chi connectivity index (χ3v) is 6.07. The standard InChI is InChI=1S/C18H23NO3/c19-18(16(20)22-11-12-4-2-1-3-5-12)14-6-13-7-15(18)10-17(21,8-13)9-14/h1-5,13-15,21H,6-11,19H2. The van der Waals surface area contributed by atoms with Crippen molar-refractivity contribution < 1.29 is 14.6 Å². The zero-order chi connectivity index (χ0) is 15.4. The van der Waals surface area contributed by atoms with Gasteiger partial charge in [0.2, 0.25) is 0 Å². The second-order valence-electron chi connectivity index (χ2n) is 7.56. The van der Waals surface area contributed by atoms with Gasteiger partial charge in [0.15, 0.2) is 0 Å². The number of carbonyl (C=O) groups excluding carboxylic acids is 1. The highest BCUT2D eigenvalue weighted by Gasteiger charge is 2.64. The van der Waals surface area contributed by atoms with E-state index in [1.54, 1.807) is 0 Å². The molecule has 0 amide bonds. The van der Waals surface area contributed by atoms with E-state index in [9.17, 15) is 9.90 Å². The van der Waals surface area contributed by atoms with E-state index in [0.717, 1.165) is 24.8 Å². The summed E-state index contributed by atoms with van der Waals surface area (Å²) in [4.78, 5) is 12.7. The van der Waals surface area contributed by atoms with E-state index in [-0.39, 0.29) is 24.4 Å². The largest absolute Gasteiger partial charge is 0.459 e. The lowest BCUT2D eigenvalue weighted by atomic mass is 9.47. The average molecular weight is 301 g/mol. The summed E-state index contributed by atoms with van der Waals surface area (Å²) in [7, 11) is 0. The second kappa shape index (κ2) is 4.80. The van der Waals surface area contributed by atoms with Crippen LogP contribution in [0.3, 0.4) is 0 Å². The molecule has 22 heavy (non-hydrogen) atoms. The first-order valence-corrected chi connectivity index (χ1v) is 8.22. The maximum Gasteiger partial charge on any atom is 0.327 e. The van der Waals surface area contributed by atoms with Gasteiger partial charge < -0.3 is 15.6 Å². The van der Waals surface area contributed by atoms with Crippen molar-refractivity contribution in [2.45, 2.75) is 49.9 Å². The molecule has 3 N–H and O–H groups in total. The molecule has 0 radical (unpaired) electrons. The first-order chi connectivity index (χ1) is 10.5. The quantitative estimate of drug-likeness (QED) is 0.838. The van der Waals surface area contributed by atoms with Crippen LogP contribution in [-0.2, 0) is 16.1 Å². The Balaban J connectivity index is 1.50. The van der Waals surface area contributed by atoms with E-state index >= 15 is 0 Å². The monoisotopic (exact) mass is 301 g/mol. The molecule has 0 saturated heterocycles. The van der Waals surface area contributed by atoms with Crippen molar-refractivity contribution >= 4 is 5.97 Å². The Morgan fingerprint density at radius 1 is 1.18 bits per heavy atom. The highest BCUT2D eigenvalue weighted by atomic mass is 16.5. The molecule has 4 heteroatoms. The first-order valence-electron chi connectivity index (χ1n) is 8.22. The zero-order valence-electron chi connectivity index (χ0n) is 12.7. The summed E-state index contributed by atoms with van der Waals surface area (Å²) < 4.78 is 5.54. The SMILES string of the molecule is NC1(C(=O)OCc2ccccc2)C2CC3CC1CC(O)(C3)C2. The molecule has 4 nitrogen and oxygen atoms in total. The number of benzene rings is 1. The van der Waals surface area contributed by atoms with Crippen LogP contribution in [0.5, 0.6) is 0 Å². The third-order valence-electron chi connectivity index (χ3n) is 6.07. The van der Waals surface area contributed by atoms with Crippen molar-refractivity contribution in [1.29, 1.82) is 0 Å². The fourth-order valence-corrected chi connectivity index (χ4v) is 5.18. The van der Waals surface area contributed by atoms with Gasteiger partial charge in [-0.3, -0.25) is 4.79 Å². The minimum absolute atomic E-state index is 0.0621. The molecule has 2 unspecified atom stereocenters. The van der Waals surface area contributed by atoms with Crippen LogP contribution in [0.2, 0.25) is 0 Å². The molecule has 1 aromatic carbocycles. The molecular weight excluding hydrogens is 278 g/mol. The van der Waals surface area contributed by atoms with E-state index in [1.165, 1.54) is 0 Å². The van der Waals surface area contributed by atoms with Crippen LogP contribution in [0.15, 0.2) is 30.3 Å². The smallest absolute Gasteiger partial charge is 0.327 e. The highest BCUT2D eigenvalue weighted by Crippen LogP contribution is 2.59. The highest BCUT2D eigenvalue weighted by molar-refractivity contribution is 5.82. The van der Waals surface area contributed by atoms with Gasteiger partial charge in [-0.1, -0.05) is 30.3 Å². The number of carbonyl (C=O) groups is 1. The summed E-state index contributed by atoms with van der Waals surface area (Å²) in [5, 5.41) is 10.6. The van der Waals surface area contributed by atoms with Crippen LogP contribution in [-0.4, -0.2) is 22.2 Å². The van der Waals surface area contributed by atoms with Gasteiger partial charge in [-0.2, -0.15) is 0 Å². The van der Waals surface area contributed by atoms with Crippen molar-refractivity contribution in [3.8, 4) is 0 Å². The normalized spacial score (nSPS) is 42.4. The lowest BCUT2D eigenvalue weighted by Gasteiger charge is -2.61. The molecule has 2 atom stereocenters. The van der Waals surface area contributed by atoms with Gasteiger partial charge in [-0.25, -0.2) is 0 Å². The Bertz CT molecular complexity index is 569. The number of nitrogens with two attached hydrogens (primary N) is 1. The maximum absolute atomic E-state index is 12.7. The van der Waals surface area contributed by atoms with E-state index < -0.39 is 11.1 Å². The third kappa shape index (κ3) is 2.09. The number of hydrogen-bond donors (Lipinski definition) is 2. The van der Waals surface area contributed by atoms with Gasteiger partial charge in [0.25, 0.3) is 0 Å². The van der Waals surface area contributed by atoms with Gasteiger partial charge in [0, 0.05) is 0 Å². The van der Waals surface area contributed by atoms with Crippen LogP contribution in [0.4, 0.5) is 0 Å². The summed E-state index contributed by atoms with van der Waals surface area (Å²) in [5.74, 6) is 0.369. The minimum atomic E-state index is -0.905. The van der Waals surface area contributed by atoms with Gasteiger partial charge in [0.05, 0.1) is 5.60 Å². The summed E-state index contributed by atoms with van der Waals surface area (Å²) in [6, 6.07) is 9.68. The molecule has 4 bridgehead atoms. The molecule has 4 aliphatic rings. The van der Waals surface area contributed by atoms with Gasteiger partial charge in [-0.15, -0.1) is 0 Å². The molecule has 0 heterocycles. The lowest BCUT2D eigenvalue weighted by molar-refractivity contribution is -0.189. The molecule has 1 aromatic rings. The predicted octanol–water partition coefficient (Wildman–Crippen LogP) is 2.00. The number of rotatable bonds is 3. The second-order valence-corrected chi connectivity index (χ2v) is 7.56. The van der Waals surface area contributed by atoms with Crippen molar-refractivity contribution in [3.05, 3.63) is 35.9 Å². The van der Waals surface area contributed by atoms with Crippen LogP contribution in [0, 0.1) is 17.8 Å². The van der Waals surface area contributed by atoms with E-state index in [2.05, 4.69) is 0 Å².